The Bertz CT molecular complexity index is 1180. The van der Waals surface area contributed by atoms with E-state index in [9.17, 15) is 27.6 Å². The average Bonchev–Trinajstić information content (AvgIpc) is 2.99. The first kappa shape index (κ1) is 23.3. The minimum absolute atomic E-state index is 0.0140. The van der Waals surface area contributed by atoms with Gasteiger partial charge in [-0.05, 0) is 36.6 Å². The third-order valence-corrected chi connectivity index (χ3v) is 6.28. The highest BCUT2D eigenvalue weighted by molar-refractivity contribution is 6.36. The number of benzene rings is 2. The third-order valence-electron chi connectivity index (χ3n) is 5.74. The minimum atomic E-state index is -5.28. The topological polar surface area (TPSA) is 66.5 Å². The highest BCUT2D eigenvalue weighted by atomic mass is 35.5. The SMILES string of the molecule is O=C1CCCC2=C1C(NC(=O)c1ccc(Cl)cc1Cl)(C(F)(F)F)C(=O)N2Cc1ccccc1. The van der Waals surface area contributed by atoms with Crippen molar-refractivity contribution < 1.29 is 27.6 Å². The first-order chi connectivity index (χ1) is 15.6. The van der Waals surface area contributed by atoms with Gasteiger partial charge >= 0.3 is 6.18 Å². The maximum atomic E-state index is 14.7. The Balaban J connectivity index is 1.84. The predicted octanol–water partition coefficient (Wildman–Crippen LogP) is 5.07. The fraction of sp³-hybridized carbons (Fsp3) is 0.261. The highest BCUT2D eigenvalue weighted by Crippen LogP contribution is 2.49. The van der Waals surface area contributed by atoms with Crippen LogP contribution in [-0.4, -0.2) is 34.2 Å². The molecule has 0 fully saturated rings. The second-order valence-electron chi connectivity index (χ2n) is 7.80. The minimum Gasteiger partial charge on any atom is -0.326 e. The van der Waals surface area contributed by atoms with Crippen molar-refractivity contribution in [2.75, 3.05) is 0 Å². The summed E-state index contributed by atoms with van der Waals surface area (Å²) in [5.74, 6) is -3.48. The molecule has 172 valence electrons. The van der Waals surface area contributed by atoms with Crippen LogP contribution in [0.25, 0.3) is 0 Å². The number of hydrogen-bond acceptors (Lipinski definition) is 3. The summed E-state index contributed by atoms with van der Waals surface area (Å²) in [4.78, 5) is 40.1. The fourth-order valence-corrected chi connectivity index (χ4v) is 4.74. The molecule has 0 bridgehead atoms. The fourth-order valence-electron chi connectivity index (χ4n) is 4.25. The van der Waals surface area contributed by atoms with Crippen LogP contribution in [0.5, 0.6) is 0 Å². The van der Waals surface area contributed by atoms with Crippen molar-refractivity contribution in [3.63, 3.8) is 0 Å². The van der Waals surface area contributed by atoms with Crippen LogP contribution >= 0.6 is 23.2 Å². The zero-order valence-corrected chi connectivity index (χ0v) is 18.5. The number of carbonyl (C=O) groups is 3. The van der Waals surface area contributed by atoms with Gasteiger partial charge in [-0.3, -0.25) is 14.4 Å². The summed E-state index contributed by atoms with van der Waals surface area (Å²) in [6.45, 7) is -0.165. The maximum absolute atomic E-state index is 14.7. The molecule has 1 unspecified atom stereocenters. The van der Waals surface area contributed by atoms with Gasteiger partial charge in [-0.15, -0.1) is 0 Å². The molecular weight excluding hydrogens is 480 g/mol. The zero-order chi connectivity index (χ0) is 24.0. The van der Waals surface area contributed by atoms with Crippen molar-refractivity contribution in [2.24, 2.45) is 0 Å². The number of allylic oxidation sites excluding steroid dienone is 1. The highest BCUT2D eigenvalue weighted by Gasteiger charge is 2.70. The summed E-state index contributed by atoms with van der Waals surface area (Å²) >= 11 is 11.8. The molecule has 0 radical (unpaired) electrons. The number of nitrogens with zero attached hydrogens (tertiary/aromatic N) is 1. The van der Waals surface area contributed by atoms with E-state index < -0.39 is 34.9 Å². The molecule has 33 heavy (non-hydrogen) atoms. The van der Waals surface area contributed by atoms with Crippen LogP contribution in [0.1, 0.15) is 35.2 Å². The summed E-state index contributed by atoms with van der Waals surface area (Å²) in [6, 6.07) is 12.1. The van der Waals surface area contributed by atoms with Crippen LogP contribution in [0, 0.1) is 0 Å². The summed E-state index contributed by atoms with van der Waals surface area (Å²) in [6.07, 6.45) is -5.02. The second kappa shape index (κ2) is 8.50. The first-order valence-corrected chi connectivity index (χ1v) is 10.8. The average molecular weight is 497 g/mol. The number of Topliss-reactive ketones (excluding diaryl/α,β-unsaturated/α-hetero) is 1. The lowest BCUT2D eigenvalue weighted by molar-refractivity contribution is -0.190. The van der Waals surface area contributed by atoms with Crippen molar-refractivity contribution in [3.8, 4) is 0 Å². The Kier molecular flexibility index (Phi) is 6.01. The number of hydrogen-bond donors (Lipinski definition) is 1. The van der Waals surface area contributed by atoms with Gasteiger partial charge in [0.25, 0.3) is 11.8 Å². The molecule has 10 heteroatoms. The van der Waals surface area contributed by atoms with E-state index in [4.69, 9.17) is 23.2 Å². The molecule has 2 aliphatic rings. The molecule has 2 aromatic carbocycles. The molecule has 1 aliphatic carbocycles. The van der Waals surface area contributed by atoms with Crippen LogP contribution < -0.4 is 5.32 Å². The maximum Gasteiger partial charge on any atom is 0.425 e. The Morgan fingerprint density at radius 1 is 1.06 bits per heavy atom. The smallest absolute Gasteiger partial charge is 0.326 e. The van der Waals surface area contributed by atoms with Crippen LogP contribution in [0.4, 0.5) is 13.2 Å². The lowest BCUT2D eigenvalue weighted by Crippen LogP contribution is -2.66. The lowest BCUT2D eigenvalue weighted by atomic mass is 9.82. The molecule has 1 N–H and O–H groups in total. The molecule has 1 atom stereocenters. The van der Waals surface area contributed by atoms with E-state index in [1.54, 1.807) is 30.3 Å². The van der Waals surface area contributed by atoms with Crippen molar-refractivity contribution in [1.82, 2.24) is 10.2 Å². The zero-order valence-electron chi connectivity index (χ0n) is 17.0. The van der Waals surface area contributed by atoms with Gasteiger partial charge in [0, 0.05) is 17.1 Å². The molecule has 4 rings (SSSR count). The number of alkyl halides is 3. The Morgan fingerprint density at radius 2 is 1.76 bits per heavy atom. The number of rotatable bonds is 4. The molecule has 0 saturated carbocycles. The van der Waals surface area contributed by atoms with E-state index in [1.807, 2.05) is 5.32 Å². The summed E-state index contributed by atoms with van der Waals surface area (Å²) in [7, 11) is 0. The number of amides is 2. The number of ketones is 1. The molecule has 0 spiro atoms. The number of nitrogens with one attached hydrogen (secondary N) is 1. The van der Waals surface area contributed by atoms with E-state index >= 15 is 0 Å². The van der Waals surface area contributed by atoms with Crippen molar-refractivity contribution in [1.29, 1.82) is 0 Å². The monoisotopic (exact) mass is 496 g/mol. The van der Waals surface area contributed by atoms with Gasteiger partial charge < -0.3 is 10.2 Å². The predicted molar refractivity (Wildman–Crippen MR) is 116 cm³/mol. The molecule has 0 aromatic heterocycles. The summed E-state index contributed by atoms with van der Waals surface area (Å²) in [5, 5.41) is 1.84. The van der Waals surface area contributed by atoms with Gasteiger partial charge in [-0.2, -0.15) is 13.2 Å². The van der Waals surface area contributed by atoms with Gasteiger partial charge in [0.1, 0.15) is 0 Å². The van der Waals surface area contributed by atoms with Crippen LogP contribution in [0.2, 0.25) is 10.0 Å². The van der Waals surface area contributed by atoms with Crippen molar-refractivity contribution in [3.05, 3.63) is 81.0 Å². The van der Waals surface area contributed by atoms with Gasteiger partial charge in [0.15, 0.2) is 5.78 Å². The molecule has 1 heterocycles. The van der Waals surface area contributed by atoms with Crippen LogP contribution in [-0.2, 0) is 16.1 Å². The summed E-state index contributed by atoms with van der Waals surface area (Å²) < 4.78 is 44.0. The number of carbonyl (C=O) groups excluding carboxylic acids is 3. The van der Waals surface area contributed by atoms with E-state index in [0.29, 0.717) is 12.0 Å². The molecule has 5 nitrogen and oxygen atoms in total. The van der Waals surface area contributed by atoms with E-state index in [-0.39, 0.29) is 40.7 Å². The molecule has 2 aromatic rings. The second-order valence-corrected chi connectivity index (χ2v) is 8.65. The molecule has 1 aliphatic heterocycles. The normalized spacial score (nSPS) is 20.8. The van der Waals surface area contributed by atoms with Gasteiger partial charge in [0.05, 0.1) is 22.7 Å². The Morgan fingerprint density at radius 3 is 2.39 bits per heavy atom. The van der Waals surface area contributed by atoms with Crippen LogP contribution in [0.3, 0.4) is 0 Å². The van der Waals surface area contributed by atoms with E-state index in [0.717, 1.165) is 11.0 Å². The third kappa shape index (κ3) is 3.91. The van der Waals surface area contributed by atoms with Crippen LogP contribution in [0.15, 0.2) is 59.8 Å². The quantitative estimate of drug-likeness (QED) is 0.642. The molecule has 0 saturated heterocycles. The van der Waals surface area contributed by atoms with Crippen molar-refractivity contribution >= 4 is 40.8 Å². The van der Waals surface area contributed by atoms with E-state index in [2.05, 4.69) is 0 Å². The first-order valence-electron chi connectivity index (χ1n) is 10.0. The van der Waals surface area contributed by atoms with E-state index in [1.165, 1.54) is 12.1 Å². The lowest BCUT2D eigenvalue weighted by Gasteiger charge is -2.33. The Hall–Kier alpha value is -2.84. The van der Waals surface area contributed by atoms with Gasteiger partial charge in [-0.1, -0.05) is 53.5 Å². The Labute approximate surface area is 197 Å². The number of halogens is 5. The molecular formula is C23H17Cl2F3N2O3. The largest absolute Gasteiger partial charge is 0.425 e. The molecule has 2 amide bonds. The van der Waals surface area contributed by atoms with Gasteiger partial charge in [0.2, 0.25) is 5.54 Å². The van der Waals surface area contributed by atoms with Crippen molar-refractivity contribution in [2.45, 2.75) is 37.5 Å². The van der Waals surface area contributed by atoms with Gasteiger partial charge in [-0.25, -0.2) is 0 Å². The summed E-state index contributed by atoms with van der Waals surface area (Å²) in [5.41, 5.74) is -3.96. The standard InChI is InChI=1S/C23H17Cl2F3N2O3/c24-14-9-10-15(16(25)11-14)20(32)29-22(23(26,27)28)19-17(7-4-8-18(19)31)30(21(22)33)12-13-5-2-1-3-6-13/h1-3,5-6,9-11H,4,7-8,12H2,(H,29,32).